The fourth-order valence-electron chi connectivity index (χ4n) is 0.864. The molecule has 0 saturated heterocycles. The highest BCUT2D eigenvalue weighted by molar-refractivity contribution is 5.80. The van der Waals surface area contributed by atoms with Gasteiger partial charge in [0.1, 0.15) is 6.54 Å². The van der Waals surface area contributed by atoms with Gasteiger partial charge < -0.3 is 15.3 Å². The number of carboxylic acid groups (broad SMARTS) is 1. The van der Waals surface area contributed by atoms with E-state index in [-0.39, 0.29) is 19.5 Å². The summed E-state index contributed by atoms with van der Waals surface area (Å²) in [6.45, 7) is 1.92. The van der Waals surface area contributed by atoms with Crippen molar-refractivity contribution in [2.45, 2.75) is 13.3 Å². The SMILES string of the molecule is CCNC(=O)N(CCC#N)CC(=O)O. The Hall–Kier alpha value is -1.77. The molecule has 2 amide bonds. The third-order valence-corrected chi connectivity index (χ3v) is 1.43. The number of nitrogens with one attached hydrogen (secondary N) is 1. The van der Waals surface area contributed by atoms with Crippen LogP contribution in [-0.2, 0) is 4.79 Å². The van der Waals surface area contributed by atoms with Gasteiger partial charge in [0.25, 0.3) is 0 Å². The Morgan fingerprint density at radius 1 is 1.57 bits per heavy atom. The van der Waals surface area contributed by atoms with E-state index in [1.54, 1.807) is 6.92 Å². The Morgan fingerprint density at radius 2 is 2.21 bits per heavy atom. The number of rotatable bonds is 5. The first-order chi connectivity index (χ1) is 6.61. The average Bonchev–Trinajstić information content (AvgIpc) is 2.12. The number of amides is 2. The van der Waals surface area contributed by atoms with E-state index in [9.17, 15) is 9.59 Å². The van der Waals surface area contributed by atoms with Gasteiger partial charge in [0.05, 0.1) is 12.5 Å². The molecular weight excluding hydrogens is 186 g/mol. The minimum atomic E-state index is -1.09. The first-order valence-electron chi connectivity index (χ1n) is 4.23. The molecule has 0 atom stereocenters. The Morgan fingerprint density at radius 3 is 2.64 bits per heavy atom. The van der Waals surface area contributed by atoms with Crippen LogP contribution in [0.4, 0.5) is 4.79 Å². The summed E-state index contributed by atoms with van der Waals surface area (Å²) >= 11 is 0. The third-order valence-electron chi connectivity index (χ3n) is 1.43. The van der Waals surface area contributed by atoms with Gasteiger partial charge >= 0.3 is 12.0 Å². The van der Waals surface area contributed by atoms with E-state index < -0.39 is 12.0 Å². The molecule has 0 aliphatic rings. The molecule has 0 aliphatic carbocycles. The molecule has 0 aliphatic heterocycles. The second kappa shape index (κ2) is 6.71. The molecule has 0 aromatic carbocycles. The number of hydrogen-bond acceptors (Lipinski definition) is 3. The summed E-state index contributed by atoms with van der Waals surface area (Å²) in [5, 5.41) is 19.3. The molecule has 6 nitrogen and oxygen atoms in total. The van der Waals surface area contributed by atoms with Crippen molar-refractivity contribution < 1.29 is 14.7 Å². The van der Waals surface area contributed by atoms with Crippen LogP contribution < -0.4 is 5.32 Å². The van der Waals surface area contributed by atoms with Gasteiger partial charge in [-0.2, -0.15) is 5.26 Å². The van der Waals surface area contributed by atoms with E-state index in [0.29, 0.717) is 6.54 Å². The number of carbonyl (C=O) groups is 2. The maximum absolute atomic E-state index is 11.2. The second-order valence-corrected chi connectivity index (χ2v) is 2.56. The molecule has 0 aromatic heterocycles. The average molecular weight is 199 g/mol. The number of carbonyl (C=O) groups excluding carboxylic acids is 1. The molecule has 0 aromatic rings. The van der Waals surface area contributed by atoms with E-state index >= 15 is 0 Å². The predicted molar refractivity (Wildman–Crippen MR) is 48.5 cm³/mol. The van der Waals surface area contributed by atoms with Gasteiger partial charge in [-0.1, -0.05) is 0 Å². The first-order valence-corrected chi connectivity index (χ1v) is 4.23. The largest absolute Gasteiger partial charge is 0.480 e. The quantitative estimate of drug-likeness (QED) is 0.652. The number of hydrogen-bond donors (Lipinski definition) is 2. The molecule has 0 heterocycles. The van der Waals surface area contributed by atoms with Crippen molar-refractivity contribution in [3.8, 4) is 6.07 Å². The second-order valence-electron chi connectivity index (χ2n) is 2.56. The van der Waals surface area contributed by atoms with Crippen LogP contribution in [0.3, 0.4) is 0 Å². The number of carboxylic acids is 1. The van der Waals surface area contributed by atoms with Gasteiger partial charge in [-0.05, 0) is 6.92 Å². The maximum Gasteiger partial charge on any atom is 0.323 e. The fraction of sp³-hybridized carbons (Fsp3) is 0.625. The van der Waals surface area contributed by atoms with E-state index in [0.717, 1.165) is 4.90 Å². The molecule has 0 saturated carbocycles. The number of urea groups is 1. The Bertz CT molecular complexity index is 247. The zero-order chi connectivity index (χ0) is 11.0. The lowest BCUT2D eigenvalue weighted by atomic mass is 10.4. The Kier molecular flexibility index (Phi) is 5.87. The molecule has 0 rings (SSSR count). The molecule has 14 heavy (non-hydrogen) atoms. The van der Waals surface area contributed by atoms with Crippen molar-refractivity contribution in [2.75, 3.05) is 19.6 Å². The predicted octanol–water partition coefficient (Wildman–Crippen LogP) is 0.0162. The number of nitriles is 1. The first kappa shape index (κ1) is 12.2. The highest BCUT2D eigenvalue weighted by Gasteiger charge is 2.14. The van der Waals surface area contributed by atoms with E-state index in [1.807, 2.05) is 6.07 Å². The summed E-state index contributed by atoms with van der Waals surface area (Å²) < 4.78 is 0. The van der Waals surface area contributed by atoms with Gasteiger partial charge in [-0.25, -0.2) is 4.79 Å². The van der Waals surface area contributed by atoms with Gasteiger partial charge in [0.2, 0.25) is 0 Å². The summed E-state index contributed by atoms with van der Waals surface area (Å²) in [4.78, 5) is 22.7. The van der Waals surface area contributed by atoms with Crippen molar-refractivity contribution >= 4 is 12.0 Å². The molecule has 0 fully saturated rings. The molecule has 2 N–H and O–H groups in total. The lowest BCUT2D eigenvalue weighted by Gasteiger charge is -2.19. The summed E-state index contributed by atoms with van der Waals surface area (Å²) in [7, 11) is 0. The lowest BCUT2D eigenvalue weighted by molar-refractivity contribution is -0.137. The minimum absolute atomic E-state index is 0.129. The number of nitrogens with zero attached hydrogens (tertiary/aromatic N) is 2. The molecule has 78 valence electrons. The highest BCUT2D eigenvalue weighted by atomic mass is 16.4. The van der Waals surface area contributed by atoms with Crippen molar-refractivity contribution in [2.24, 2.45) is 0 Å². The van der Waals surface area contributed by atoms with Crippen molar-refractivity contribution in [3.63, 3.8) is 0 Å². The zero-order valence-electron chi connectivity index (χ0n) is 7.99. The van der Waals surface area contributed by atoms with Crippen LogP contribution in [0.25, 0.3) is 0 Å². The fourth-order valence-corrected chi connectivity index (χ4v) is 0.864. The number of aliphatic carboxylic acids is 1. The topological polar surface area (TPSA) is 93.4 Å². The summed E-state index contributed by atoms with van der Waals surface area (Å²) in [5.74, 6) is -1.09. The zero-order valence-corrected chi connectivity index (χ0v) is 7.99. The van der Waals surface area contributed by atoms with Crippen LogP contribution in [0.2, 0.25) is 0 Å². The molecule has 0 spiro atoms. The smallest absolute Gasteiger partial charge is 0.323 e. The minimum Gasteiger partial charge on any atom is -0.480 e. The van der Waals surface area contributed by atoms with Crippen LogP contribution in [-0.4, -0.2) is 41.6 Å². The third kappa shape index (κ3) is 4.98. The Balaban J connectivity index is 4.16. The van der Waals surface area contributed by atoms with E-state index in [2.05, 4.69) is 5.32 Å². The molecular formula is C8H13N3O3. The standard InChI is InChI=1S/C8H13N3O3/c1-2-10-8(14)11(5-3-4-9)6-7(12)13/h2-3,5-6H2,1H3,(H,10,14)(H,12,13). The highest BCUT2D eigenvalue weighted by Crippen LogP contribution is 1.92. The van der Waals surface area contributed by atoms with Crippen molar-refractivity contribution in [3.05, 3.63) is 0 Å². The van der Waals surface area contributed by atoms with Crippen LogP contribution in [0.15, 0.2) is 0 Å². The van der Waals surface area contributed by atoms with Crippen LogP contribution in [0, 0.1) is 11.3 Å². The van der Waals surface area contributed by atoms with Crippen molar-refractivity contribution in [1.82, 2.24) is 10.2 Å². The van der Waals surface area contributed by atoms with E-state index in [1.165, 1.54) is 0 Å². The monoisotopic (exact) mass is 199 g/mol. The van der Waals surface area contributed by atoms with Crippen molar-refractivity contribution in [1.29, 1.82) is 5.26 Å². The van der Waals surface area contributed by atoms with E-state index in [4.69, 9.17) is 10.4 Å². The molecule has 0 unspecified atom stereocenters. The molecule has 0 bridgehead atoms. The molecule has 0 radical (unpaired) electrons. The van der Waals surface area contributed by atoms with Gasteiger partial charge in [0, 0.05) is 13.1 Å². The van der Waals surface area contributed by atoms with Gasteiger partial charge in [0.15, 0.2) is 0 Å². The lowest BCUT2D eigenvalue weighted by Crippen LogP contribution is -2.43. The normalized spacial score (nSPS) is 8.86. The van der Waals surface area contributed by atoms with Crippen LogP contribution in [0.5, 0.6) is 0 Å². The summed E-state index contributed by atoms with van der Waals surface area (Å²) in [6, 6.07) is 1.40. The van der Waals surface area contributed by atoms with Crippen LogP contribution >= 0.6 is 0 Å². The van der Waals surface area contributed by atoms with Gasteiger partial charge in [-0.3, -0.25) is 4.79 Å². The van der Waals surface area contributed by atoms with Gasteiger partial charge in [-0.15, -0.1) is 0 Å². The summed E-state index contributed by atoms with van der Waals surface area (Å²) in [5.41, 5.74) is 0. The Labute approximate surface area is 82.1 Å². The molecule has 6 heteroatoms. The van der Waals surface area contributed by atoms with Crippen LogP contribution in [0.1, 0.15) is 13.3 Å². The maximum atomic E-state index is 11.2. The summed E-state index contributed by atoms with van der Waals surface area (Å²) in [6.07, 6.45) is 0.129.